The standard InChI is InChI=1S/C24H27Cl2NO4/c1-23(2,3)31-22(28)27-12-10-15(11-13-27)17-6-5-7-20-21(17)30-24(4,29-20)18-9-8-16(25)14-19(18)26/h5-9,14-15H,10-13H2,1-4H3. The molecule has 2 heterocycles. The number of likely N-dealkylation sites (tertiary alicyclic amines) is 1. The third-order valence-corrected chi connectivity index (χ3v) is 6.17. The van der Waals surface area contributed by atoms with Crippen LogP contribution in [-0.4, -0.2) is 29.7 Å². The van der Waals surface area contributed by atoms with Gasteiger partial charge in [-0.2, -0.15) is 0 Å². The number of para-hydroxylation sites is 1. The number of hydrogen-bond donors (Lipinski definition) is 0. The fraction of sp³-hybridized carbons (Fsp3) is 0.458. The summed E-state index contributed by atoms with van der Waals surface area (Å²) in [6.45, 7) is 8.79. The summed E-state index contributed by atoms with van der Waals surface area (Å²) in [5.41, 5.74) is 1.32. The number of hydrogen-bond acceptors (Lipinski definition) is 4. The lowest BCUT2D eigenvalue weighted by Gasteiger charge is -2.34. The predicted octanol–water partition coefficient (Wildman–Crippen LogP) is 6.75. The molecular formula is C24H27Cl2NO4. The minimum atomic E-state index is -1.03. The predicted molar refractivity (Wildman–Crippen MR) is 121 cm³/mol. The minimum absolute atomic E-state index is 0.256. The zero-order valence-electron chi connectivity index (χ0n) is 18.2. The van der Waals surface area contributed by atoms with Crippen LogP contribution in [0.1, 0.15) is 57.6 Å². The van der Waals surface area contributed by atoms with Crippen LogP contribution in [0, 0.1) is 0 Å². The van der Waals surface area contributed by atoms with Crippen molar-refractivity contribution in [2.75, 3.05) is 13.1 Å². The highest BCUT2D eigenvalue weighted by Gasteiger charge is 2.42. The number of carbonyl (C=O) groups excluding carboxylic acids is 1. The highest BCUT2D eigenvalue weighted by Crippen LogP contribution is 2.50. The Labute approximate surface area is 193 Å². The van der Waals surface area contributed by atoms with Gasteiger partial charge in [-0.3, -0.25) is 0 Å². The molecule has 2 aromatic rings. The number of piperidine rings is 1. The first-order valence-corrected chi connectivity index (χ1v) is 11.3. The molecule has 2 aromatic carbocycles. The van der Waals surface area contributed by atoms with E-state index >= 15 is 0 Å². The molecule has 31 heavy (non-hydrogen) atoms. The molecule has 2 aliphatic heterocycles. The van der Waals surface area contributed by atoms with Crippen molar-refractivity contribution < 1.29 is 19.0 Å². The van der Waals surface area contributed by atoms with Crippen LogP contribution in [0.2, 0.25) is 10.0 Å². The Morgan fingerprint density at radius 1 is 1.13 bits per heavy atom. The van der Waals surface area contributed by atoms with Crippen LogP contribution < -0.4 is 9.47 Å². The smallest absolute Gasteiger partial charge is 0.410 e. The normalized spacial score (nSPS) is 21.3. The fourth-order valence-electron chi connectivity index (χ4n) is 4.14. The molecule has 0 radical (unpaired) electrons. The molecule has 7 heteroatoms. The van der Waals surface area contributed by atoms with Crippen LogP contribution >= 0.6 is 23.2 Å². The topological polar surface area (TPSA) is 48.0 Å². The number of rotatable bonds is 2. The van der Waals surface area contributed by atoms with Gasteiger partial charge in [0.25, 0.3) is 5.79 Å². The van der Waals surface area contributed by atoms with E-state index in [9.17, 15) is 4.79 Å². The highest BCUT2D eigenvalue weighted by molar-refractivity contribution is 6.35. The summed E-state index contributed by atoms with van der Waals surface area (Å²) in [6.07, 6.45) is 1.41. The van der Waals surface area contributed by atoms with E-state index < -0.39 is 11.4 Å². The van der Waals surface area contributed by atoms with Crippen LogP contribution in [0.3, 0.4) is 0 Å². The number of fused-ring (bicyclic) bond motifs is 1. The van der Waals surface area contributed by atoms with Gasteiger partial charge in [-0.25, -0.2) is 4.79 Å². The highest BCUT2D eigenvalue weighted by atomic mass is 35.5. The van der Waals surface area contributed by atoms with Gasteiger partial charge in [0.05, 0.1) is 10.6 Å². The molecular weight excluding hydrogens is 437 g/mol. The van der Waals surface area contributed by atoms with Crippen molar-refractivity contribution in [3.63, 3.8) is 0 Å². The Kier molecular flexibility index (Phi) is 5.78. The average Bonchev–Trinajstić information content (AvgIpc) is 3.03. The Hall–Kier alpha value is -2.11. The maximum absolute atomic E-state index is 12.4. The van der Waals surface area contributed by atoms with Gasteiger partial charge < -0.3 is 19.1 Å². The molecule has 1 unspecified atom stereocenters. The quantitative estimate of drug-likeness (QED) is 0.493. The Morgan fingerprint density at radius 2 is 1.84 bits per heavy atom. The van der Waals surface area contributed by atoms with Crippen LogP contribution in [0.4, 0.5) is 4.79 Å². The molecule has 166 valence electrons. The van der Waals surface area contributed by atoms with E-state index in [0.29, 0.717) is 28.9 Å². The number of nitrogens with zero attached hydrogens (tertiary/aromatic N) is 1. The zero-order chi connectivity index (χ0) is 22.4. The van der Waals surface area contributed by atoms with Crippen molar-refractivity contribution in [2.45, 2.75) is 57.8 Å². The number of benzene rings is 2. The summed E-state index contributed by atoms with van der Waals surface area (Å²) < 4.78 is 18.1. The van der Waals surface area contributed by atoms with E-state index in [1.54, 1.807) is 17.0 Å². The van der Waals surface area contributed by atoms with Crippen molar-refractivity contribution >= 4 is 29.3 Å². The third kappa shape index (κ3) is 4.58. The molecule has 4 rings (SSSR count). The molecule has 0 bridgehead atoms. The summed E-state index contributed by atoms with van der Waals surface area (Å²) in [7, 11) is 0. The summed E-state index contributed by atoms with van der Waals surface area (Å²) >= 11 is 12.5. The van der Waals surface area contributed by atoms with Crippen molar-refractivity contribution in [3.05, 3.63) is 57.6 Å². The first-order chi connectivity index (χ1) is 14.6. The van der Waals surface area contributed by atoms with Crippen molar-refractivity contribution in [3.8, 4) is 11.5 Å². The molecule has 5 nitrogen and oxygen atoms in total. The SMILES string of the molecule is CC(C)(C)OC(=O)N1CCC(c2cccc3c2OC(C)(c2ccc(Cl)cc2Cl)O3)CC1. The lowest BCUT2D eigenvalue weighted by Crippen LogP contribution is -2.41. The third-order valence-electron chi connectivity index (χ3n) is 5.62. The van der Waals surface area contributed by atoms with Gasteiger partial charge in [-0.05, 0) is 63.8 Å². The molecule has 0 aliphatic carbocycles. The van der Waals surface area contributed by atoms with Crippen LogP contribution in [0.5, 0.6) is 11.5 Å². The second kappa shape index (κ2) is 8.10. The van der Waals surface area contributed by atoms with E-state index in [2.05, 4.69) is 6.07 Å². The van der Waals surface area contributed by atoms with E-state index in [-0.39, 0.29) is 12.0 Å². The van der Waals surface area contributed by atoms with Crippen molar-refractivity contribution in [1.82, 2.24) is 4.90 Å². The van der Waals surface area contributed by atoms with Gasteiger partial charge >= 0.3 is 6.09 Å². The van der Waals surface area contributed by atoms with Crippen molar-refractivity contribution in [1.29, 1.82) is 0 Å². The van der Waals surface area contributed by atoms with Crippen LogP contribution in [0.25, 0.3) is 0 Å². The lowest BCUT2D eigenvalue weighted by molar-refractivity contribution is -0.0684. The molecule has 0 N–H and O–H groups in total. The Bertz CT molecular complexity index is 996. The maximum atomic E-state index is 12.4. The van der Waals surface area contributed by atoms with E-state index in [1.165, 1.54) is 0 Å². The second-order valence-corrected chi connectivity index (χ2v) is 10.0. The first-order valence-electron chi connectivity index (χ1n) is 10.5. The molecule has 0 aromatic heterocycles. The molecule has 1 amide bonds. The van der Waals surface area contributed by atoms with E-state index in [0.717, 1.165) is 29.7 Å². The maximum Gasteiger partial charge on any atom is 0.410 e. The Morgan fingerprint density at radius 3 is 2.48 bits per heavy atom. The van der Waals surface area contributed by atoms with Gasteiger partial charge in [-0.15, -0.1) is 0 Å². The number of carbonyl (C=O) groups is 1. The fourth-order valence-corrected chi connectivity index (χ4v) is 4.72. The Balaban J connectivity index is 1.51. The summed E-state index contributed by atoms with van der Waals surface area (Å²) in [5.74, 6) is 0.671. The van der Waals surface area contributed by atoms with Crippen LogP contribution in [-0.2, 0) is 10.5 Å². The largest absolute Gasteiger partial charge is 0.444 e. The second-order valence-electron chi connectivity index (χ2n) is 9.19. The molecule has 0 saturated carbocycles. The van der Waals surface area contributed by atoms with Gasteiger partial charge in [0.1, 0.15) is 5.60 Å². The number of amides is 1. The summed E-state index contributed by atoms with van der Waals surface area (Å²) in [4.78, 5) is 14.2. The minimum Gasteiger partial charge on any atom is -0.444 e. The summed E-state index contributed by atoms with van der Waals surface area (Å²) in [5, 5.41) is 1.06. The lowest BCUT2D eigenvalue weighted by atomic mass is 9.89. The van der Waals surface area contributed by atoms with Crippen LogP contribution in [0.15, 0.2) is 36.4 Å². The van der Waals surface area contributed by atoms with Gasteiger partial charge in [0, 0.05) is 30.6 Å². The van der Waals surface area contributed by atoms with Gasteiger partial charge in [-0.1, -0.05) is 35.3 Å². The molecule has 2 aliphatic rings. The van der Waals surface area contributed by atoms with Gasteiger partial charge in [0.2, 0.25) is 0 Å². The molecule has 1 fully saturated rings. The number of halogens is 2. The van der Waals surface area contributed by atoms with E-state index in [1.807, 2.05) is 45.9 Å². The molecule has 1 atom stereocenters. The van der Waals surface area contributed by atoms with E-state index in [4.69, 9.17) is 37.4 Å². The molecule has 1 saturated heterocycles. The zero-order valence-corrected chi connectivity index (χ0v) is 19.7. The summed E-state index contributed by atoms with van der Waals surface area (Å²) in [6, 6.07) is 11.3. The average molecular weight is 464 g/mol. The first kappa shape index (κ1) is 22.1. The number of ether oxygens (including phenoxy) is 3. The molecule has 0 spiro atoms. The monoisotopic (exact) mass is 463 g/mol. The van der Waals surface area contributed by atoms with Gasteiger partial charge in [0.15, 0.2) is 11.5 Å². The van der Waals surface area contributed by atoms with Crippen molar-refractivity contribution in [2.24, 2.45) is 0 Å².